The van der Waals surface area contributed by atoms with E-state index in [0.29, 0.717) is 0 Å². The van der Waals surface area contributed by atoms with Crippen LogP contribution in [0, 0.1) is 0 Å². The molecular weight excluding hydrogens is 288 g/mol. The van der Waals surface area contributed by atoms with Crippen LogP contribution < -0.4 is 4.90 Å². The molecule has 0 N–H and O–H groups in total. The van der Waals surface area contributed by atoms with Gasteiger partial charge in [-0.1, -0.05) is 0 Å². The number of carbonyl (C=O) groups is 1. The van der Waals surface area contributed by atoms with Crippen LogP contribution in [0.5, 0.6) is 0 Å². The first-order valence-electron chi connectivity index (χ1n) is 8.55. The van der Waals surface area contributed by atoms with Crippen LogP contribution in [0.15, 0.2) is 41.0 Å². The minimum absolute atomic E-state index is 0.142. The fraction of sp³-hybridized carbons (Fsp3) is 0.421. The monoisotopic (exact) mass is 310 g/mol. The molecule has 2 aromatic rings. The lowest BCUT2D eigenvalue weighted by Crippen LogP contribution is -2.27. The Kier molecular flexibility index (Phi) is 3.82. The van der Waals surface area contributed by atoms with Crippen molar-refractivity contribution in [1.82, 2.24) is 4.90 Å². The van der Waals surface area contributed by atoms with Crippen LogP contribution in [0.1, 0.15) is 36.0 Å². The first-order chi connectivity index (χ1) is 11.3. The van der Waals surface area contributed by atoms with Crippen LogP contribution in [-0.4, -0.2) is 37.0 Å². The molecule has 2 aliphatic heterocycles. The van der Waals surface area contributed by atoms with Gasteiger partial charge in [-0.2, -0.15) is 0 Å². The Morgan fingerprint density at radius 1 is 0.957 bits per heavy atom. The van der Waals surface area contributed by atoms with Crippen LogP contribution in [0.4, 0.5) is 5.69 Å². The molecule has 0 atom stereocenters. The number of hydrogen-bond donors (Lipinski definition) is 0. The van der Waals surface area contributed by atoms with E-state index < -0.39 is 0 Å². The third kappa shape index (κ3) is 2.74. The molecule has 1 amide bonds. The Morgan fingerprint density at radius 3 is 2.39 bits per heavy atom. The van der Waals surface area contributed by atoms with Crippen molar-refractivity contribution < 1.29 is 9.21 Å². The average molecular weight is 310 g/mol. The summed E-state index contributed by atoms with van der Waals surface area (Å²) in [5.74, 6) is 0.978. The Morgan fingerprint density at radius 2 is 1.70 bits per heavy atom. The number of amides is 1. The van der Waals surface area contributed by atoms with Gasteiger partial charge < -0.3 is 14.2 Å². The van der Waals surface area contributed by atoms with Crippen LogP contribution in [0.2, 0.25) is 0 Å². The van der Waals surface area contributed by atoms with E-state index in [1.165, 1.54) is 18.5 Å². The maximum Gasteiger partial charge on any atom is 0.253 e. The highest BCUT2D eigenvalue weighted by atomic mass is 16.3. The van der Waals surface area contributed by atoms with Crippen molar-refractivity contribution in [3.05, 3.63) is 42.2 Å². The number of benzene rings is 1. The van der Waals surface area contributed by atoms with E-state index in [9.17, 15) is 4.79 Å². The Labute approximate surface area is 136 Å². The standard InChI is InChI=1S/C19H22N2O2/c22-19(21-11-3-4-12-21)15-7-8-17(20-9-1-2-10-20)16(14-15)18-6-5-13-23-18/h5-8,13-14H,1-4,9-12H2. The summed E-state index contributed by atoms with van der Waals surface area (Å²) in [6, 6.07) is 9.94. The van der Waals surface area contributed by atoms with Crippen LogP contribution in [0.3, 0.4) is 0 Å². The molecule has 0 unspecified atom stereocenters. The summed E-state index contributed by atoms with van der Waals surface area (Å²) in [6.07, 6.45) is 6.38. The Hall–Kier alpha value is -2.23. The van der Waals surface area contributed by atoms with Gasteiger partial charge in [0.25, 0.3) is 5.91 Å². The van der Waals surface area contributed by atoms with E-state index in [4.69, 9.17) is 4.42 Å². The second-order valence-electron chi connectivity index (χ2n) is 6.40. The minimum atomic E-state index is 0.142. The van der Waals surface area contributed by atoms with Gasteiger partial charge in [0.15, 0.2) is 0 Å². The van der Waals surface area contributed by atoms with Gasteiger partial charge in [-0.3, -0.25) is 4.79 Å². The highest BCUT2D eigenvalue weighted by molar-refractivity contribution is 5.97. The normalized spacial score (nSPS) is 17.9. The molecule has 2 saturated heterocycles. The van der Waals surface area contributed by atoms with Gasteiger partial charge >= 0.3 is 0 Å². The number of anilines is 1. The van der Waals surface area contributed by atoms with Crippen LogP contribution >= 0.6 is 0 Å². The van der Waals surface area contributed by atoms with Gasteiger partial charge in [0.05, 0.1) is 6.26 Å². The fourth-order valence-electron chi connectivity index (χ4n) is 3.63. The topological polar surface area (TPSA) is 36.7 Å². The molecule has 1 aromatic heterocycles. The van der Waals surface area contributed by atoms with E-state index >= 15 is 0 Å². The Balaban J connectivity index is 1.72. The molecule has 0 radical (unpaired) electrons. The van der Waals surface area contributed by atoms with Gasteiger partial charge in [0, 0.05) is 43.0 Å². The molecule has 0 aliphatic carbocycles. The first-order valence-corrected chi connectivity index (χ1v) is 8.55. The largest absolute Gasteiger partial charge is 0.464 e. The predicted octanol–water partition coefficient (Wildman–Crippen LogP) is 3.78. The van der Waals surface area contributed by atoms with Gasteiger partial charge in [-0.15, -0.1) is 0 Å². The average Bonchev–Trinajstić information content (AvgIpc) is 3.37. The van der Waals surface area contributed by atoms with Gasteiger partial charge in [0.2, 0.25) is 0 Å². The summed E-state index contributed by atoms with van der Waals surface area (Å²) in [5.41, 5.74) is 2.97. The van der Waals surface area contributed by atoms with Crippen LogP contribution in [0.25, 0.3) is 11.3 Å². The summed E-state index contributed by atoms with van der Waals surface area (Å²) < 4.78 is 5.63. The van der Waals surface area contributed by atoms with E-state index in [1.54, 1.807) is 6.26 Å². The van der Waals surface area contributed by atoms with Gasteiger partial charge in [-0.05, 0) is 56.0 Å². The first kappa shape index (κ1) is 14.4. The molecule has 1 aromatic carbocycles. The van der Waals surface area contributed by atoms with E-state index in [1.807, 2.05) is 29.2 Å². The number of hydrogen-bond acceptors (Lipinski definition) is 3. The molecule has 4 rings (SSSR count). The second-order valence-corrected chi connectivity index (χ2v) is 6.40. The zero-order valence-electron chi connectivity index (χ0n) is 13.3. The predicted molar refractivity (Wildman–Crippen MR) is 90.7 cm³/mol. The lowest BCUT2D eigenvalue weighted by atomic mass is 10.0. The molecule has 120 valence electrons. The number of rotatable bonds is 3. The Bertz CT molecular complexity index is 681. The summed E-state index contributed by atoms with van der Waals surface area (Å²) in [7, 11) is 0. The summed E-state index contributed by atoms with van der Waals surface area (Å²) in [5, 5.41) is 0. The molecule has 4 heteroatoms. The number of carbonyl (C=O) groups excluding carboxylic acids is 1. The van der Waals surface area contributed by atoms with Crippen molar-refractivity contribution in [2.75, 3.05) is 31.1 Å². The molecular formula is C19H22N2O2. The smallest absolute Gasteiger partial charge is 0.253 e. The van der Waals surface area contributed by atoms with E-state index in [2.05, 4.69) is 11.0 Å². The van der Waals surface area contributed by atoms with E-state index in [0.717, 1.165) is 55.9 Å². The quantitative estimate of drug-likeness (QED) is 0.865. The fourth-order valence-corrected chi connectivity index (χ4v) is 3.63. The molecule has 0 saturated carbocycles. The zero-order chi connectivity index (χ0) is 15.6. The van der Waals surface area contributed by atoms with Crippen LogP contribution in [-0.2, 0) is 0 Å². The van der Waals surface area contributed by atoms with Crippen molar-refractivity contribution in [3.8, 4) is 11.3 Å². The summed E-state index contributed by atoms with van der Waals surface area (Å²) in [4.78, 5) is 17.0. The highest BCUT2D eigenvalue weighted by Gasteiger charge is 2.23. The maximum absolute atomic E-state index is 12.7. The zero-order valence-corrected chi connectivity index (χ0v) is 13.3. The number of likely N-dealkylation sites (tertiary alicyclic amines) is 1. The minimum Gasteiger partial charge on any atom is -0.464 e. The molecule has 2 fully saturated rings. The third-order valence-corrected chi connectivity index (χ3v) is 4.87. The molecule has 23 heavy (non-hydrogen) atoms. The SMILES string of the molecule is O=C(c1ccc(N2CCCC2)c(-c2ccco2)c1)N1CCCC1. The maximum atomic E-state index is 12.7. The van der Waals surface area contributed by atoms with Crippen molar-refractivity contribution >= 4 is 11.6 Å². The van der Waals surface area contributed by atoms with Crippen molar-refractivity contribution in [1.29, 1.82) is 0 Å². The highest BCUT2D eigenvalue weighted by Crippen LogP contribution is 2.34. The lowest BCUT2D eigenvalue weighted by molar-refractivity contribution is 0.0793. The number of nitrogens with zero attached hydrogens (tertiary/aromatic N) is 2. The van der Waals surface area contributed by atoms with Gasteiger partial charge in [-0.25, -0.2) is 0 Å². The second kappa shape index (κ2) is 6.11. The van der Waals surface area contributed by atoms with E-state index in [-0.39, 0.29) is 5.91 Å². The summed E-state index contributed by atoms with van der Waals surface area (Å²) >= 11 is 0. The van der Waals surface area contributed by atoms with Crippen molar-refractivity contribution in [3.63, 3.8) is 0 Å². The molecule has 2 aliphatic rings. The molecule has 0 spiro atoms. The lowest BCUT2D eigenvalue weighted by Gasteiger charge is -2.22. The number of furan rings is 1. The summed E-state index contributed by atoms with van der Waals surface area (Å²) in [6.45, 7) is 3.91. The van der Waals surface area contributed by atoms with Gasteiger partial charge in [0.1, 0.15) is 5.76 Å². The van der Waals surface area contributed by atoms with Crippen molar-refractivity contribution in [2.24, 2.45) is 0 Å². The van der Waals surface area contributed by atoms with Crippen molar-refractivity contribution in [2.45, 2.75) is 25.7 Å². The molecule has 4 nitrogen and oxygen atoms in total. The third-order valence-electron chi connectivity index (χ3n) is 4.87. The molecule has 3 heterocycles. The molecule has 0 bridgehead atoms.